The molecule has 0 bridgehead atoms. The van der Waals surface area contributed by atoms with Gasteiger partial charge in [0, 0.05) is 13.7 Å². The highest BCUT2D eigenvalue weighted by atomic mass is 79.9. The van der Waals surface area contributed by atoms with Crippen LogP contribution in [0.2, 0.25) is 0 Å². The number of methoxy groups -OCH3 is 2. The number of fused-ring (bicyclic) bond motifs is 1. The number of halogens is 1. The van der Waals surface area contributed by atoms with E-state index in [1.807, 2.05) is 29.8 Å². The zero-order chi connectivity index (χ0) is 18.7. The first-order valence-corrected chi connectivity index (χ1v) is 9.67. The number of nitrogens with one attached hydrogen (secondary N) is 2. The van der Waals surface area contributed by atoms with Gasteiger partial charge in [-0.15, -0.1) is 10.2 Å². The molecule has 3 rings (SSSR count). The molecule has 140 valence electrons. The minimum atomic E-state index is -0.400. The molecule has 0 saturated heterocycles. The smallest absolute Gasteiger partial charge is 0.236 e. The molecule has 0 spiro atoms. The van der Waals surface area contributed by atoms with E-state index in [4.69, 9.17) is 9.47 Å². The third-order valence-corrected chi connectivity index (χ3v) is 5.83. The van der Waals surface area contributed by atoms with Crippen LogP contribution in [0.5, 0.6) is 5.75 Å². The number of aromatic nitrogens is 3. The van der Waals surface area contributed by atoms with Gasteiger partial charge in [-0.2, -0.15) is 0 Å². The average molecular weight is 442 g/mol. The van der Waals surface area contributed by atoms with E-state index in [9.17, 15) is 4.79 Å². The summed E-state index contributed by atoms with van der Waals surface area (Å²) in [5, 5.41) is 11.4. The van der Waals surface area contributed by atoms with Gasteiger partial charge < -0.3 is 20.2 Å². The third kappa shape index (κ3) is 3.81. The van der Waals surface area contributed by atoms with Gasteiger partial charge in [0.2, 0.25) is 11.1 Å². The molecule has 1 aromatic heterocycles. The molecule has 10 heteroatoms. The van der Waals surface area contributed by atoms with Gasteiger partial charge in [-0.3, -0.25) is 4.79 Å². The highest BCUT2D eigenvalue weighted by Crippen LogP contribution is 2.38. The van der Waals surface area contributed by atoms with Crippen LogP contribution in [0.15, 0.2) is 27.8 Å². The lowest BCUT2D eigenvalue weighted by atomic mass is 10.0. The van der Waals surface area contributed by atoms with Gasteiger partial charge in [-0.05, 0) is 40.5 Å². The van der Waals surface area contributed by atoms with Crippen LogP contribution in [-0.2, 0) is 9.53 Å². The highest BCUT2D eigenvalue weighted by Gasteiger charge is 2.37. The van der Waals surface area contributed by atoms with Gasteiger partial charge >= 0.3 is 0 Å². The van der Waals surface area contributed by atoms with E-state index in [1.54, 1.807) is 14.2 Å². The molecule has 8 nitrogen and oxygen atoms in total. The standard InChI is InChI=1S/C16H20BrN5O3S/c1-9-19-20-16-22(9)21-13(10-4-5-12(25-3)11(17)8-10)14(26-16)15(23)18-6-7-24-2/h4-5,8,13-14,21H,6-7H2,1-3H3,(H,18,23)/t13-,14-/m1/s1. The Balaban J connectivity index is 1.91. The lowest BCUT2D eigenvalue weighted by Crippen LogP contribution is -2.44. The maximum Gasteiger partial charge on any atom is 0.236 e. The van der Waals surface area contributed by atoms with Crippen LogP contribution in [0.3, 0.4) is 0 Å². The molecule has 2 atom stereocenters. The Kier molecular flexibility index (Phi) is 6.05. The van der Waals surface area contributed by atoms with Crippen molar-refractivity contribution >= 4 is 33.6 Å². The summed E-state index contributed by atoms with van der Waals surface area (Å²) in [4.78, 5) is 12.8. The van der Waals surface area contributed by atoms with Crippen molar-refractivity contribution in [2.45, 2.75) is 23.4 Å². The van der Waals surface area contributed by atoms with Crippen molar-refractivity contribution in [1.29, 1.82) is 0 Å². The van der Waals surface area contributed by atoms with Crippen LogP contribution in [-0.4, -0.2) is 53.4 Å². The lowest BCUT2D eigenvalue weighted by molar-refractivity contribution is -0.121. The van der Waals surface area contributed by atoms with Crippen LogP contribution >= 0.6 is 27.7 Å². The van der Waals surface area contributed by atoms with E-state index >= 15 is 0 Å². The number of hydrogen-bond acceptors (Lipinski definition) is 7. The van der Waals surface area contributed by atoms with Crippen molar-refractivity contribution < 1.29 is 14.3 Å². The van der Waals surface area contributed by atoms with Gasteiger partial charge in [-0.1, -0.05) is 17.8 Å². The predicted octanol–water partition coefficient (Wildman–Crippen LogP) is 1.88. The maximum atomic E-state index is 12.8. The Morgan fingerprint density at radius 2 is 2.23 bits per heavy atom. The first kappa shape index (κ1) is 19.0. The second kappa shape index (κ2) is 8.28. The highest BCUT2D eigenvalue weighted by molar-refractivity contribution is 9.10. The average Bonchev–Trinajstić information content (AvgIpc) is 3.01. The van der Waals surface area contributed by atoms with Crippen LogP contribution in [0.25, 0.3) is 0 Å². The molecule has 1 amide bonds. The number of hydrogen-bond donors (Lipinski definition) is 2. The van der Waals surface area contributed by atoms with Gasteiger partial charge in [-0.25, -0.2) is 4.68 Å². The largest absolute Gasteiger partial charge is 0.496 e. The van der Waals surface area contributed by atoms with Crippen molar-refractivity contribution in [3.63, 3.8) is 0 Å². The Hall–Kier alpha value is -1.78. The Morgan fingerprint density at radius 1 is 1.42 bits per heavy atom. The molecule has 0 saturated carbocycles. The maximum absolute atomic E-state index is 12.8. The van der Waals surface area contributed by atoms with E-state index in [0.717, 1.165) is 21.6 Å². The SMILES string of the molecule is COCCNC(=O)[C@@H]1Sc2nnc(C)n2N[C@@H]1c1ccc(OC)c(Br)c1. The number of thioether (sulfide) groups is 1. The summed E-state index contributed by atoms with van der Waals surface area (Å²) in [7, 11) is 3.22. The van der Waals surface area contributed by atoms with Crippen LogP contribution < -0.4 is 15.5 Å². The number of carbonyl (C=O) groups is 1. The molecule has 0 unspecified atom stereocenters. The quantitative estimate of drug-likeness (QED) is 0.661. The number of rotatable bonds is 6. The molecule has 0 aliphatic carbocycles. The summed E-state index contributed by atoms with van der Waals surface area (Å²) in [5.74, 6) is 1.39. The zero-order valence-corrected chi connectivity index (χ0v) is 17.1. The molecule has 1 aliphatic heterocycles. The van der Waals surface area contributed by atoms with E-state index in [1.165, 1.54) is 11.8 Å². The second-order valence-electron chi connectivity index (χ2n) is 5.69. The zero-order valence-electron chi connectivity index (χ0n) is 14.7. The van der Waals surface area contributed by atoms with E-state index in [0.29, 0.717) is 18.3 Å². The van der Waals surface area contributed by atoms with E-state index < -0.39 is 5.25 Å². The summed E-state index contributed by atoms with van der Waals surface area (Å²) >= 11 is 4.90. The molecule has 2 heterocycles. The number of carbonyl (C=O) groups excluding carboxylic acids is 1. The molecule has 1 aliphatic rings. The summed E-state index contributed by atoms with van der Waals surface area (Å²) in [6.45, 7) is 2.78. The molecule has 2 aromatic rings. The number of nitrogens with zero attached hydrogens (tertiary/aromatic N) is 3. The minimum Gasteiger partial charge on any atom is -0.496 e. The fourth-order valence-electron chi connectivity index (χ4n) is 2.66. The van der Waals surface area contributed by atoms with Crippen molar-refractivity contribution in [3.8, 4) is 5.75 Å². The van der Waals surface area contributed by atoms with Crippen molar-refractivity contribution in [3.05, 3.63) is 34.1 Å². The summed E-state index contributed by atoms with van der Waals surface area (Å²) in [6.07, 6.45) is 0. The van der Waals surface area contributed by atoms with E-state index in [2.05, 4.69) is 36.9 Å². The molecular weight excluding hydrogens is 422 g/mol. The van der Waals surface area contributed by atoms with Crippen LogP contribution in [0.4, 0.5) is 0 Å². The van der Waals surface area contributed by atoms with Crippen molar-refractivity contribution in [1.82, 2.24) is 20.2 Å². The Bertz CT molecular complexity index is 800. The van der Waals surface area contributed by atoms with Crippen molar-refractivity contribution in [2.75, 3.05) is 32.8 Å². The molecule has 1 aromatic carbocycles. The normalized spacial score (nSPS) is 18.8. The topological polar surface area (TPSA) is 90.3 Å². The second-order valence-corrected chi connectivity index (χ2v) is 7.65. The summed E-state index contributed by atoms with van der Waals surface area (Å²) in [6, 6.07) is 5.52. The summed E-state index contributed by atoms with van der Waals surface area (Å²) < 4.78 is 12.9. The molecule has 26 heavy (non-hydrogen) atoms. The third-order valence-electron chi connectivity index (χ3n) is 4.00. The molecule has 2 N–H and O–H groups in total. The molecule has 0 fully saturated rings. The van der Waals surface area contributed by atoms with Crippen LogP contribution in [0.1, 0.15) is 17.4 Å². The predicted molar refractivity (Wildman–Crippen MR) is 102 cm³/mol. The number of aryl methyl sites for hydroxylation is 1. The van der Waals surface area contributed by atoms with Gasteiger partial charge in [0.1, 0.15) is 16.8 Å². The van der Waals surface area contributed by atoms with Gasteiger partial charge in [0.15, 0.2) is 0 Å². The van der Waals surface area contributed by atoms with Gasteiger partial charge in [0.25, 0.3) is 0 Å². The van der Waals surface area contributed by atoms with E-state index in [-0.39, 0.29) is 11.9 Å². The first-order valence-electron chi connectivity index (χ1n) is 8.00. The Labute approximate surface area is 164 Å². The minimum absolute atomic E-state index is 0.0802. The molecule has 0 radical (unpaired) electrons. The number of benzene rings is 1. The number of ether oxygens (including phenoxy) is 2. The monoisotopic (exact) mass is 441 g/mol. The fraction of sp³-hybridized carbons (Fsp3) is 0.438. The molecular formula is C16H20BrN5O3S. The van der Waals surface area contributed by atoms with Crippen LogP contribution in [0, 0.1) is 6.92 Å². The summed E-state index contributed by atoms with van der Waals surface area (Å²) in [5.41, 5.74) is 4.32. The van der Waals surface area contributed by atoms with Crippen molar-refractivity contribution in [2.24, 2.45) is 0 Å². The lowest BCUT2D eigenvalue weighted by Gasteiger charge is -2.33. The van der Waals surface area contributed by atoms with Gasteiger partial charge in [0.05, 0.1) is 24.2 Å². The first-order chi connectivity index (χ1) is 12.5. The fourth-order valence-corrected chi connectivity index (χ4v) is 4.37. The Morgan fingerprint density at radius 3 is 2.92 bits per heavy atom. The number of amides is 1.